The van der Waals surface area contributed by atoms with Crippen LogP contribution in [0.4, 0.5) is 0 Å². The van der Waals surface area contributed by atoms with Crippen LogP contribution < -0.4 is 15.2 Å². The number of hydrogen-bond donors (Lipinski definition) is 1. The molecule has 0 saturated heterocycles. The van der Waals surface area contributed by atoms with Crippen LogP contribution in [-0.2, 0) is 17.6 Å². The van der Waals surface area contributed by atoms with E-state index < -0.39 is 0 Å². The lowest BCUT2D eigenvalue weighted by Crippen LogP contribution is -2.07. The van der Waals surface area contributed by atoms with Crippen LogP contribution in [0.25, 0.3) is 0 Å². The van der Waals surface area contributed by atoms with E-state index in [9.17, 15) is 0 Å². The second-order valence-corrected chi connectivity index (χ2v) is 5.26. The number of nitrogens with two attached hydrogens (primary N) is 1. The van der Waals surface area contributed by atoms with Crippen molar-refractivity contribution in [1.82, 2.24) is 0 Å². The standard InChI is InChI=1S/2C9H10O.CH3NO/c2*1-2-6-9-8(4-1)5-3-7-10-9;2-1-3/h2*1-2,4,6H,3,5,7H2;1H,(H2,2,3). The first-order valence-electron chi connectivity index (χ1n) is 7.92. The predicted octanol–water partition coefficient (Wildman–Crippen LogP) is 3.12. The Labute approximate surface area is 137 Å². The summed E-state index contributed by atoms with van der Waals surface area (Å²) in [6.45, 7) is 1.77. The number of rotatable bonds is 0. The zero-order valence-electron chi connectivity index (χ0n) is 13.2. The summed E-state index contributed by atoms with van der Waals surface area (Å²) in [6.07, 6.45) is 4.93. The molecular formula is C19H23NO3. The van der Waals surface area contributed by atoms with E-state index in [1.54, 1.807) is 0 Å². The minimum Gasteiger partial charge on any atom is -0.493 e. The molecule has 4 nitrogen and oxygen atoms in total. The monoisotopic (exact) mass is 313 g/mol. The van der Waals surface area contributed by atoms with Gasteiger partial charge in [0.15, 0.2) is 0 Å². The molecule has 0 radical (unpaired) electrons. The van der Waals surface area contributed by atoms with Crippen molar-refractivity contribution in [3.8, 4) is 11.5 Å². The maximum atomic E-state index is 8.58. The fraction of sp³-hybridized carbons (Fsp3) is 0.316. The fourth-order valence-electron chi connectivity index (χ4n) is 2.59. The van der Waals surface area contributed by atoms with Crippen LogP contribution in [-0.4, -0.2) is 19.6 Å². The summed E-state index contributed by atoms with van der Waals surface area (Å²) in [5, 5.41) is 0. The normalized spacial score (nSPS) is 14.1. The molecule has 2 aromatic carbocycles. The van der Waals surface area contributed by atoms with E-state index in [1.807, 2.05) is 24.3 Å². The highest BCUT2D eigenvalue weighted by molar-refractivity contribution is 5.42. The Kier molecular flexibility index (Phi) is 6.98. The molecule has 2 aliphatic heterocycles. The van der Waals surface area contributed by atoms with E-state index in [-0.39, 0.29) is 6.41 Å². The largest absolute Gasteiger partial charge is 0.493 e. The summed E-state index contributed by atoms with van der Waals surface area (Å²) in [5.74, 6) is 2.16. The summed E-state index contributed by atoms with van der Waals surface area (Å²) in [7, 11) is 0. The maximum absolute atomic E-state index is 8.58. The molecule has 4 heteroatoms. The van der Waals surface area contributed by atoms with Gasteiger partial charge in [-0.3, -0.25) is 4.79 Å². The molecule has 0 aliphatic carbocycles. The number of primary amides is 1. The first kappa shape index (κ1) is 16.9. The molecule has 0 saturated carbocycles. The van der Waals surface area contributed by atoms with Gasteiger partial charge in [-0.15, -0.1) is 0 Å². The summed E-state index contributed by atoms with van der Waals surface area (Å²) in [4.78, 5) is 8.58. The first-order valence-corrected chi connectivity index (χ1v) is 7.92. The number of hydrogen-bond acceptors (Lipinski definition) is 3. The van der Waals surface area contributed by atoms with Gasteiger partial charge in [0.1, 0.15) is 11.5 Å². The predicted molar refractivity (Wildman–Crippen MR) is 90.8 cm³/mol. The second-order valence-electron chi connectivity index (χ2n) is 5.26. The Bertz CT molecular complexity index is 512. The van der Waals surface area contributed by atoms with Crippen molar-refractivity contribution in [2.45, 2.75) is 25.7 Å². The van der Waals surface area contributed by atoms with Gasteiger partial charge >= 0.3 is 0 Å². The van der Waals surface area contributed by atoms with Crippen molar-refractivity contribution < 1.29 is 14.3 Å². The quantitative estimate of drug-likeness (QED) is 0.760. The van der Waals surface area contributed by atoms with E-state index in [1.165, 1.54) is 24.0 Å². The molecule has 2 aromatic rings. The van der Waals surface area contributed by atoms with Crippen LogP contribution in [0.3, 0.4) is 0 Å². The van der Waals surface area contributed by atoms with Gasteiger partial charge in [0.2, 0.25) is 6.41 Å². The Morgan fingerprint density at radius 2 is 1.17 bits per heavy atom. The number of amides is 1. The number of carbonyl (C=O) groups is 1. The van der Waals surface area contributed by atoms with E-state index in [2.05, 4.69) is 30.0 Å². The number of benzene rings is 2. The van der Waals surface area contributed by atoms with Crippen LogP contribution in [0.5, 0.6) is 11.5 Å². The van der Waals surface area contributed by atoms with Crippen molar-refractivity contribution in [2.24, 2.45) is 5.73 Å². The zero-order chi connectivity index (χ0) is 16.3. The van der Waals surface area contributed by atoms with Crippen LogP contribution in [0.2, 0.25) is 0 Å². The summed E-state index contributed by atoms with van der Waals surface area (Å²) in [5.41, 5.74) is 6.88. The molecule has 0 aromatic heterocycles. The van der Waals surface area contributed by atoms with Crippen LogP contribution in [0.1, 0.15) is 24.0 Å². The minimum atomic E-state index is 0.250. The lowest BCUT2D eigenvalue weighted by Gasteiger charge is -2.15. The van der Waals surface area contributed by atoms with Gasteiger partial charge < -0.3 is 15.2 Å². The Morgan fingerprint density at radius 3 is 1.57 bits per heavy atom. The minimum absolute atomic E-state index is 0.250. The molecule has 0 spiro atoms. The Balaban J connectivity index is 0.000000143. The van der Waals surface area contributed by atoms with Gasteiger partial charge in [-0.05, 0) is 48.9 Å². The number of ether oxygens (including phenoxy) is 2. The lowest BCUT2D eigenvalue weighted by molar-refractivity contribution is -0.106. The summed E-state index contributed by atoms with van der Waals surface area (Å²) >= 11 is 0. The third kappa shape index (κ3) is 5.33. The van der Waals surface area contributed by atoms with Crippen molar-refractivity contribution in [1.29, 1.82) is 0 Å². The molecule has 2 N–H and O–H groups in total. The van der Waals surface area contributed by atoms with Crippen molar-refractivity contribution >= 4 is 6.41 Å². The van der Waals surface area contributed by atoms with Gasteiger partial charge in [0.05, 0.1) is 13.2 Å². The molecule has 2 heterocycles. The summed E-state index contributed by atoms with van der Waals surface area (Å²) in [6, 6.07) is 16.5. The Morgan fingerprint density at radius 1 is 0.783 bits per heavy atom. The van der Waals surface area contributed by atoms with Crippen LogP contribution >= 0.6 is 0 Å². The van der Waals surface area contributed by atoms with Crippen molar-refractivity contribution in [2.75, 3.05) is 13.2 Å². The second kappa shape index (κ2) is 9.51. The summed E-state index contributed by atoms with van der Waals surface area (Å²) < 4.78 is 10.8. The van der Waals surface area contributed by atoms with Gasteiger partial charge in [-0.1, -0.05) is 36.4 Å². The maximum Gasteiger partial charge on any atom is 0.204 e. The highest BCUT2D eigenvalue weighted by atomic mass is 16.5. The molecule has 1 amide bonds. The van der Waals surface area contributed by atoms with E-state index in [0.717, 1.165) is 37.6 Å². The topological polar surface area (TPSA) is 61.6 Å². The number of para-hydroxylation sites is 2. The van der Waals surface area contributed by atoms with Gasteiger partial charge in [-0.25, -0.2) is 0 Å². The van der Waals surface area contributed by atoms with Crippen molar-refractivity contribution in [3.05, 3.63) is 59.7 Å². The van der Waals surface area contributed by atoms with E-state index in [0.29, 0.717) is 0 Å². The number of carbonyl (C=O) groups excluding carboxylic acids is 1. The molecule has 0 bridgehead atoms. The van der Waals surface area contributed by atoms with Crippen molar-refractivity contribution in [3.63, 3.8) is 0 Å². The molecule has 2 aliphatic rings. The highest BCUT2D eigenvalue weighted by Gasteiger charge is 2.07. The van der Waals surface area contributed by atoms with Gasteiger partial charge in [-0.2, -0.15) is 0 Å². The molecule has 0 unspecified atom stereocenters. The van der Waals surface area contributed by atoms with E-state index in [4.69, 9.17) is 14.3 Å². The molecule has 0 fully saturated rings. The Hall–Kier alpha value is -2.49. The van der Waals surface area contributed by atoms with Crippen LogP contribution in [0.15, 0.2) is 48.5 Å². The molecule has 0 atom stereocenters. The number of fused-ring (bicyclic) bond motifs is 2. The first-order chi connectivity index (χ1) is 11.3. The molecule has 122 valence electrons. The van der Waals surface area contributed by atoms with Gasteiger partial charge in [0.25, 0.3) is 0 Å². The van der Waals surface area contributed by atoms with Crippen LogP contribution in [0, 0.1) is 0 Å². The number of aryl methyl sites for hydroxylation is 2. The lowest BCUT2D eigenvalue weighted by atomic mass is 10.1. The SMILES string of the molecule is NC=O.c1ccc2c(c1)CCCO2.c1ccc2c(c1)CCCO2. The smallest absolute Gasteiger partial charge is 0.204 e. The molecule has 23 heavy (non-hydrogen) atoms. The van der Waals surface area contributed by atoms with Gasteiger partial charge in [0, 0.05) is 0 Å². The average Bonchev–Trinajstić information content (AvgIpc) is 2.63. The molecular weight excluding hydrogens is 290 g/mol. The highest BCUT2D eigenvalue weighted by Crippen LogP contribution is 2.23. The molecule has 4 rings (SSSR count). The third-order valence-electron chi connectivity index (χ3n) is 3.64. The zero-order valence-corrected chi connectivity index (χ0v) is 13.2. The van der Waals surface area contributed by atoms with E-state index >= 15 is 0 Å². The average molecular weight is 313 g/mol. The fourth-order valence-corrected chi connectivity index (χ4v) is 2.59. The third-order valence-corrected chi connectivity index (χ3v) is 3.64.